The third-order valence-electron chi connectivity index (χ3n) is 3.62. The van der Waals surface area contributed by atoms with E-state index in [0.717, 1.165) is 0 Å². The molecule has 0 saturated carbocycles. The van der Waals surface area contributed by atoms with E-state index < -0.39 is 5.78 Å². The van der Waals surface area contributed by atoms with Crippen LogP contribution in [0.3, 0.4) is 0 Å². The molecule has 2 aromatic carbocycles. The molecule has 0 heterocycles. The van der Waals surface area contributed by atoms with Crippen LogP contribution in [0.1, 0.15) is 27.0 Å². The summed E-state index contributed by atoms with van der Waals surface area (Å²) >= 11 is 0. The minimum absolute atomic E-state index is 0.0151. The average molecular weight is 316 g/mol. The number of carbonyl (C=O) groups is 1. The van der Waals surface area contributed by atoms with Gasteiger partial charge in [0.2, 0.25) is 0 Å². The molecule has 0 aromatic heterocycles. The molecular weight excluding hydrogens is 299 g/mol. The summed E-state index contributed by atoms with van der Waals surface area (Å²) in [7, 11) is 1.36. The lowest BCUT2D eigenvalue weighted by Gasteiger charge is -2.15. The van der Waals surface area contributed by atoms with Crippen LogP contribution in [-0.4, -0.2) is 23.1 Å². The number of halogens is 1. The van der Waals surface area contributed by atoms with Crippen LogP contribution in [0.5, 0.6) is 17.2 Å². The first-order valence-electron chi connectivity index (χ1n) is 6.93. The van der Waals surface area contributed by atoms with Gasteiger partial charge in [0.05, 0.1) is 7.11 Å². The second kappa shape index (κ2) is 6.52. The maximum absolute atomic E-state index is 12.9. The number of carbonyl (C=O) groups excluding carboxylic acids is 1. The Kier molecular flexibility index (Phi) is 4.69. The Bertz CT molecular complexity index is 777. The predicted octanol–water partition coefficient (Wildman–Crippen LogP) is 3.76. The first-order chi connectivity index (χ1) is 10.9. The maximum Gasteiger partial charge on any atom is 0.193 e. The maximum atomic E-state index is 12.9. The zero-order chi connectivity index (χ0) is 17.1. The largest absolute Gasteiger partial charge is 0.507 e. The van der Waals surface area contributed by atoms with Crippen molar-refractivity contribution in [3.05, 3.63) is 58.4 Å². The van der Waals surface area contributed by atoms with E-state index in [2.05, 4.69) is 0 Å². The van der Waals surface area contributed by atoms with Gasteiger partial charge in [-0.25, -0.2) is 4.39 Å². The van der Waals surface area contributed by atoms with Gasteiger partial charge in [-0.05, 0) is 37.6 Å². The molecule has 2 rings (SSSR count). The molecule has 4 nitrogen and oxygen atoms in total. The Morgan fingerprint density at radius 2 is 1.70 bits per heavy atom. The van der Waals surface area contributed by atoms with Gasteiger partial charge in [-0.15, -0.1) is 0 Å². The van der Waals surface area contributed by atoms with Crippen LogP contribution in [0, 0.1) is 19.7 Å². The Labute approximate surface area is 133 Å². The van der Waals surface area contributed by atoms with E-state index >= 15 is 0 Å². The number of methoxy groups -OCH3 is 1. The number of hydrogen-bond donors (Lipinski definition) is 2. The molecule has 0 fully saturated rings. The lowest BCUT2D eigenvalue weighted by Crippen LogP contribution is -2.03. The van der Waals surface area contributed by atoms with E-state index in [-0.39, 0.29) is 34.2 Å². The number of aromatic hydroxyl groups is 2. The van der Waals surface area contributed by atoms with Gasteiger partial charge in [0.15, 0.2) is 5.78 Å². The number of rotatable bonds is 4. The molecular formula is C18H17FO4. The Morgan fingerprint density at radius 3 is 2.26 bits per heavy atom. The van der Waals surface area contributed by atoms with Gasteiger partial charge in [0.25, 0.3) is 0 Å². The van der Waals surface area contributed by atoms with Gasteiger partial charge >= 0.3 is 0 Å². The molecule has 0 bridgehead atoms. The Balaban J connectivity index is 2.45. The van der Waals surface area contributed by atoms with Crippen molar-refractivity contribution in [1.82, 2.24) is 0 Å². The van der Waals surface area contributed by atoms with Crippen molar-refractivity contribution in [2.24, 2.45) is 0 Å². The summed E-state index contributed by atoms with van der Waals surface area (Å²) < 4.78 is 18.0. The van der Waals surface area contributed by atoms with Crippen LogP contribution in [-0.2, 0) is 0 Å². The highest BCUT2D eigenvalue weighted by Gasteiger charge is 2.23. The summed E-state index contributed by atoms with van der Waals surface area (Å²) in [5.41, 5.74) is 1.22. The molecule has 120 valence electrons. The fourth-order valence-electron chi connectivity index (χ4n) is 2.30. The highest BCUT2D eigenvalue weighted by atomic mass is 19.1. The van der Waals surface area contributed by atoms with E-state index in [4.69, 9.17) is 4.74 Å². The number of ether oxygens (including phenoxy) is 1. The molecule has 0 radical (unpaired) electrons. The standard InChI is InChI=1S/C18H17FO4/c1-10-16(21)11(2)18(23-3)15(17(10)22)14(20)9-6-12-4-7-13(19)8-5-12/h4-9,21-22H,1-3H3/b9-6+. The molecule has 0 aliphatic carbocycles. The summed E-state index contributed by atoms with van der Waals surface area (Å²) in [5.74, 6) is -1.15. The van der Waals surface area contributed by atoms with Gasteiger partial charge in [0.1, 0.15) is 28.6 Å². The minimum Gasteiger partial charge on any atom is -0.507 e. The fourth-order valence-corrected chi connectivity index (χ4v) is 2.30. The molecule has 2 N–H and O–H groups in total. The topological polar surface area (TPSA) is 66.8 Å². The van der Waals surface area contributed by atoms with Crippen LogP contribution in [0.4, 0.5) is 4.39 Å². The second-order valence-corrected chi connectivity index (χ2v) is 5.10. The Morgan fingerprint density at radius 1 is 1.09 bits per heavy atom. The zero-order valence-corrected chi connectivity index (χ0v) is 13.1. The molecule has 0 amide bonds. The van der Waals surface area contributed by atoms with Crippen molar-refractivity contribution in [2.45, 2.75) is 13.8 Å². The van der Waals surface area contributed by atoms with Crippen molar-refractivity contribution < 1.29 is 24.1 Å². The SMILES string of the molecule is COc1c(C)c(O)c(C)c(O)c1C(=O)/C=C/c1ccc(F)cc1. The first kappa shape index (κ1) is 16.5. The number of ketones is 1. The van der Waals surface area contributed by atoms with Gasteiger partial charge < -0.3 is 14.9 Å². The second-order valence-electron chi connectivity index (χ2n) is 5.10. The monoisotopic (exact) mass is 316 g/mol. The third kappa shape index (κ3) is 3.18. The molecule has 2 aromatic rings. The molecule has 0 aliphatic heterocycles. The van der Waals surface area contributed by atoms with Crippen LogP contribution >= 0.6 is 0 Å². The van der Waals surface area contributed by atoms with Crippen molar-refractivity contribution in [1.29, 1.82) is 0 Å². The quantitative estimate of drug-likeness (QED) is 0.666. The predicted molar refractivity (Wildman–Crippen MR) is 85.6 cm³/mol. The van der Waals surface area contributed by atoms with Gasteiger partial charge in [-0.2, -0.15) is 0 Å². The summed E-state index contributed by atoms with van der Waals surface area (Å²) in [6.07, 6.45) is 2.78. The first-order valence-corrected chi connectivity index (χ1v) is 6.93. The van der Waals surface area contributed by atoms with Crippen LogP contribution < -0.4 is 4.74 Å². The van der Waals surface area contributed by atoms with Crippen LogP contribution in [0.2, 0.25) is 0 Å². The van der Waals surface area contributed by atoms with Gasteiger partial charge in [-0.3, -0.25) is 4.79 Å². The molecule has 0 atom stereocenters. The molecule has 5 heteroatoms. The molecule has 23 heavy (non-hydrogen) atoms. The van der Waals surface area contributed by atoms with E-state index in [1.54, 1.807) is 6.92 Å². The summed E-state index contributed by atoms with van der Waals surface area (Å²) in [6.45, 7) is 3.11. The number of phenolic OH excluding ortho intramolecular Hbond substituents is 2. The zero-order valence-electron chi connectivity index (χ0n) is 13.1. The third-order valence-corrected chi connectivity index (χ3v) is 3.62. The summed E-state index contributed by atoms with van der Waals surface area (Å²) in [4.78, 5) is 12.4. The minimum atomic E-state index is -0.477. The van der Waals surface area contributed by atoms with E-state index in [1.165, 1.54) is 50.5 Å². The average Bonchev–Trinajstić information content (AvgIpc) is 2.55. The van der Waals surface area contributed by atoms with Crippen LogP contribution in [0.15, 0.2) is 30.3 Å². The highest BCUT2D eigenvalue weighted by Crippen LogP contribution is 2.41. The molecule has 0 saturated heterocycles. The van der Waals surface area contributed by atoms with Gasteiger partial charge in [-0.1, -0.05) is 18.2 Å². The van der Waals surface area contributed by atoms with E-state index in [1.807, 2.05) is 0 Å². The lowest BCUT2D eigenvalue weighted by molar-refractivity contribution is 0.104. The Hall–Kier alpha value is -2.82. The normalized spacial score (nSPS) is 11.0. The van der Waals surface area contributed by atoms with E-state index in [0.29, 0.717) is 11.1 Å². The van der Waals surface area contributed by atoms with Crippen molar-refractivity contribution in [3.8, 4) is 17.2 Å². The summed E-state index contributed by atoms with van der Waals surface area (Å²) in [6, 6.07) is 5.64. The lowest BCUT2D eigenvalue weighted by atomic mass is 9.98. The highest BCUT2D eigenvalue weighted by molar-refractivity contribution is 6.11. The number of phenols is 2. The molecule has 0 aliphatic rings. The van der Waals surface area contributed by atoms with Crippen molar-refractivity contribution >= 4 is 11.9 Å². The van der Waals surface area contributed by atoms with Crippen LogP contribution in [0.25, 0.3) is 6.08 Å². The van der Waals surface area contributed by atoms with Crippen molar-refractivity contribution in [3.63, 3.8) is 0 Å². The van der Waals surface area contributed by atoms with Crippen molar-refractivity contribution in [2.75, 3.05) is 7.11 Å². The number of allylic oxidation sites excluding steroid dienone is 1. The van der Waals surface area contributed by atoms with Gasteiger partial charge in [0, 0.05) is 11.1 Å². The summed E-state index contributed by atoms with van der Waals surface area (Å²) in [5, 5.41) is 20.1. The smallest absolute Gasteiger partial charge is 0.193 e. The number of benzene rings is 2. The fraction of sp³-hybridized carbons (Fsp3) is 0.167. The number of hydrogen-bond acceptors (Lipinski definition) is 4. The van der Waals surface area contributed by atoms with E-state index in [9.17, 15) is 19.4 Å². The molecule has 0 spiro atoms. The molecule has 0 unspecified atom stereocenters.